The van der Waals surface area contributed by atoms with Gasteiger partial charge in [-0.3, -0.25) is 4.79 Å². The van der Waals surface area contributed by atoms with E-state index in [1.54, 1.807) is 6.07 Å². The molecule has 6 nitrogen and oxygen atoms in total. The number of ketones is 1. The maximum absolute atomic E-state index is 13.8. The average Bonchev–Trinajstić information content (AvgIpc) is 3.21. The van der Waals surface area contributed by atoms with Gasteiger partial charge in [0.05, 0.1) is 5.69 Å². The largest absolute Gasteiger partial charge is 0.396 e. The van der Waals surface area contributed by atoms with Crippen LogP contribution in [0.1, 0.15) is 39.2 Å². The summed E-state index contributed by atoms with van der Waals surface area (Å²) in [4.78, 5) is 23.6. The molecule has 0 saturated heterocycles. The zero-order valence-corrected chi connectivity index (χ0v) is 18.0. The van der Waals surface area contributed by atoms with E-state index in [-0.39, 0.29) is 31.2 Å². The number of carbonyl (C=O) groups is 1. The van der Waals surface area contributed by atoms with Crippen LogP contribution in [-0.4, -0.2) is 45.7 Å². The molecule has 2 N–H and O–H groups in total. The molecule has 4 rings (SSSR count). The van der Waals surface area contributed by atoms with Crippen LogP contribution in [0.4, 0.5) is 15.9 Å². The highest BCUT2D eigenvalue weighted by Gasteiger charge is 2.27. The quantitative estimate of drug-likeness (QED) is 0.528. The molecule has 0 spiro atoms. The summed E-state index contributed by atoms with van der Waals surface area (Å²) in [6, 6.07) is 12.5. The lowest BCUT2D eigenvalue weighted by atomic mass is 9.95. The lowest BCUT2D eigenvalue weighted by Gasteiger charge is -2.19. The summed E-state index contributed by atoms with van der Waals surface area (Å²) < 4.78 is 13.8. The first kappa shape index (κ1) is 22.0. The van der Waals surface area contributed by atoms with Gasteiger partial charge < -0.3 is 15.1 Å². The highest BCUT2D eigenvalue weighted by atomic mass is 19.1. The van der Waals surface area contributed by atoms with E-state index in [0.29, 0.717) is 24.9 Å². The molecule has 0 saturated carbocycles. The maximum Gasteiger partial charge on any atom is 0.163 e. The number of hydrogen-bond acceptors (Lipinski definition) is 6. The van der Waals surface area contributed by atoms with Crippen LogP contribution in [-0.2, 0) is 12.8 Å². The Balaban J connectivity index is 1.58. The molecule has 0 amide bonds. The minimum atomic E-state index is -0.452. The molecule has 32 heavy (non-hydrogen) atoms. The first-order valence-electron chi connectivity index (χ1n) is 10.7. The monoisotopic (exact) mass is 435 g/mol. The predicted octanol–water partition coefficient (Wildman–Crippen LogP) is 3.38. The molecule has 1 aromatic heterocycles. The molecule has 1 aliphatic rings. The van der Waals surface area contributed by atoms with Crippen LogP contribution >= 0.6 is 0 Å². The standard InChI is InChI=1S/C25H26FN3O3/c1-16-7-17(9-19(26)8-16)10-20-12-25(28-15-27-20)29-6-5-21-22(3-2-4-23(21)29)24(32)11-18(13-30)14-31/h2-4,7-9,12,15,18,30-31H,5-6,10-11,13-14H2,1H3. The predicted molar refractivity (Wildman–Crippen MR) is 120 cm³/mol. The number of hydrogen-bond donors (Lipinski definition) is 2. The van der Waals surface area contributed by atoms with Crippen LogP contribution in [0, 0.1) is 18.7 Å². The van der Waals surface area contributed by atoms with E-state index in [2.05, 4.69) is 14.9 Å². The molecule has 0 aliphatic carbocycles. The van der Waals surface area contributed by atoms with Crippen molar-refractivity contribution in [1.82, 2.24) is 9.97 Å². The maximum atomic E-state index is 13.8. The van der Waals surface area contributed by atoms with Crippen LogP contribution in [0.3, 0.4) is 0 Å². The molecule has 0 fully saturated rings. The first-order valence-corrected chi connectivity index (χ1v) is 10.7. The first-order chi connectivity index (χ1) is 15.5. The van der Waals surface area contributed by atoms with Crippen molar-refractivity contribution >= 4 is 17.3 Å². The van der Waals surface area contributed by atoms with Gasteiger partial charge in [-0.1, -0.05) is 18.2 Å². The molecular weight excluding hydrogens is 409 g/mol. The van der Waals surface area contributed by atoms with Crippen LogP contribution in [0.15, 0.2) is 48.8 Å². The van der Waals surface area contributed by atoms with Gasteiger partial charge in [-0.25, -0.2) is 14.4 Å². The third-order valence-corrected chi connectivity index (χ3v) is 5.79. The number of rotatable bonds is 8. The van der Waals surface area contributed by atoms with Crippen molar-refractivity contribution in [3.63, 3.8) is 0 Å². The van der Waals surface area contributed by atoms with Crippen LogP contribution in [0.2, 0.25) is 0 Å². The van der Waals surface area contributed by atoms with E-state index in [1.165, 1.54) is 18.5 Å². The van der Waals surface area contributed by atoms with Gasteiger partial charge in [0, 0.05) is 55.8 Å². The van der Waals surface area contributed by atoms with Gasteiger partial charge in [-0.05, 0) is 48.2 Å². The fourth-order valence-corrected chi connectivity index (χ4v) is 4.25. The third-order valence-electron chi connectivity index (χ3n) is 5.79. The Kier molecular flexibility index (Phi) is 6.58. The number of aliphatic hydroxyl groups excluding tert-OH is 2. The van der Waals surface area contributed by atoms with Gasteiger partial charge >= 0.3 is 0 Å². The number of halogens is 1. The second kappa shape index (κ2) is 9.54. The summed E-state index contributed by atoms with van der Waals surface area (Å²) in [5.41, 5.74) is 5.00. The van der Waals surface area contributed by atoms with Crippen LogP contribution in [0.5, 0.6) is 0 Å². The normalized spacial score (nSPS) is 13.0. The molecule has 3 aromatic rings. The zero-order valence-electron chi connectivity index (χ0n) is 18.0. The number of aryl methyl sites for hydroxylation is 1. The van der Waals surface area contributed by atoms with Gasteiger partial charge in [0.1, 0.15) is 18.0 Å². The van der Waals surface area contributed by atoms with E-state index in [4.69, 9.17) is 0 Å². The van der Waals surface area contributed by atoms with E-state index in [1.807, 2.05) is 31.2 Å². The molecule has 1 aliphatic heterocycles. The SMILES string of the molecule is Cc1cc(F)cc(Cc2cc(N3CCc4c(C(=O)CC(CO)CO)cccc43)ncn2)c1. The summed E-state index contributed by atoms with van der Waals surface area (Å²) >= 11 is 0. The summed E-state index contributed by atoms with van der Waals surface area (Å²) in [6.45, 7) is 2.09. The molecule has 2 aromatic carbocycles. The number of anilines is 2. The molecular formula is C25H26FN3O3. The number of benzene rings is 2. The zero-order chi connectivity index (χ0) is 22.7. The minimum absolute atomic E-state index is 0.0818. The molecule has 0 bridgehead atoms. The van der Waals surface area contributed by atoms with Gasteiger partial charge in [-0.15, -0.1) is 0 Å². The minimum Gasteiger partial charge on any atom is -0.396 e. The summed E-state index contributed by atoms with van der Waals surface area (Å²) in [7, 11) is 0. The van der Waals surface area contributed by atoms with Crippen molar-refractivity contribution in [1.29, 1.82) is 0 Å². The Morgan fingerprint density at radius 3 is 2.72 bits per heavy atom. The molecule has 0 radical (unpaired) electrons. The molecule has 0 unspecified atom stereocenters. The van der Waals surface area contributed by atoms with Crippen LogP contribution in [0.25, 0.3) is 0 Å². The summed E-state index contributed by atoms with van der Waals surface area (Å²) in [5, 5.41) is 18.6. The topological polar surface area (TPSA) is 86.6 Å². The second-order valence-electron chi connectivity index (χ2n) is 8.24. The van der Waals surface area contributed by atoms with Gasteiger partial charge in [0.25, 0.3) is 0 Å². The van der Waals surface area contributed by atoms with Crippen molar-refractivity contribution in [3.8, 4) is 0 Å². The van der Waals surface area contributed by atoms with Crippen molar-refractivity contribution in [2.24, 2.45) is 5.92 Å². The number of aromatic nitrogens is 2. The number of aliphatic hydroxyl groups is 2. The second-order valence-corrected chi connectivity index (χ2v) is 8.24. The summed E-state index contributed by atoms with van der Waals surface area (Å²) in [6.07, 6.45) is 2.81. The number of fused-ring (bicyclic) bond motifs is 1. The lowest BCUT2D eigenvalue weighted by Crippen LogP contribution is -2.17. The van der Waals surface area contributed by atoms with Crippen molar-refractivity contribution in [2.45, 2.75) is 26.2 Å². The fourth-order valence-electron chi connectivity index (χ4n) is 4.25. The van der Waals surface area contributed by atoms with E-state index >= 15 is 0 Å². The molecule has 166 valence electrons. The van der Waals surface area contributed by atoms with E-state index < -0.39 is 5.92 Å². The van der Waals surface area contributed by atoms with E-state index in [0.717, 1.165) is 33.9 Å². The Morgan fingerprint density at radius 1 is 1.16 bits per heavy atom. The molecule has 0 atom stereocenters. The Morgan fingerprint density at radius 2 is 1.97 bits per heavy atom. The van der Waals surface area contributed by atoms with Crippen molar-refractivity contribution < 1.29 is 19.4 Å². The van der Waals surface area contributed by atoms with Gasteiger partial charge in [-0.2, -0.15) is 0 Å². The molecule has 2 heterocycles. The Hall–Kier alpha value is -3.16. The lowest BCUT2D eigenvalue weighted by molar-refractivity contribution is 0.0878. The van der Waals surface area contributed by atoms with Crippen molar-refractivity contribution in [2.75, 3.05) is 24.7 Å². The highest BCUT2D eigenvalue weighted by molar-refractivity contribution is 5.99. The third kappa shape index (κ3) is 4.69. The van der Waals surface area contributed by atoms with Gasteiger partial charge in [0.2, 0.25) is 0 Å². The number of Topliss-reactive ketones (excluding diaryl/α,β-unsaturated/α-hetero) is 1. The van der Waals surface area contributed by atoms with E-state index in [9.17, 15) is 19.4 Å². The smallest absolute Gasteiger partial charge is 0.163 e. The fraction of sp³-hybridized carbons (Fsp3) is 0.320. The summed E-state index contributed by atoms with van der Waals surface area (Å²) in [5.74, 6) is -0.0620. The van der Waals surface area contributed by atoms with Gasteiger partial charge in [0.15, 0.2) is 5.78 Å². The number of nitrogens with zero attached hydrogens (tertiary/aromatic N) is 3. The van der Waals surface area contributed by atoms with Crippen LogP contribution < -0.4 is 4.90 Å². The average molecular weight is 435 g/mol. The number of carbonyl (C=O) groups excluding carboxylic acids is 1. The Bertz CT molecular complexity index is 1110. The Labute approximate surface area is 186 Å². The molecule has 7 heteroatoms. The van der Waals surface area contributed by atoms with Crippen molar-refractivity contribution in [3.05, 3.63) is 82.6 Å². The highest BCUT2D eigenvalue weighted by Crippen LogP contribution is 2.36.